The summed E-state index contributed by atoms with van der Waals surface area (Å²) in [5, 5.41) is 24.4. The van der Waals surface area contributed by atoms with E-state index in [2.05, 4.69) is 30.8 Å². The molecule has 0 unspecified atom stereocenters. The van der Waals surface area contributed by atoms with Crippen molar-refractivity contribution >= 4 is 39.9 Å². The van der Waals surface area contributed by atoms with Gasteiger partial charge in [0.05, 0.1) is 46.5 Å². The lowest BCUT2D eigenvalue weighted by Crippen LogP contribution is -2.42. The first-order valence-corrected chi connectivity index (χ1v) is 11.1. The fraction of sp³-hybridized carbons (Fsp3) is 0.318. The van der Waals surface area contributed by atoms with Crippen molar-refractivity contribution in [1.29, 1.82) is 0 Å². The van der Waals surface area contributed by atoms with Gasteiger partial charge in [-0.2, -0.15) is 14.9 Å². The van der Waals surface area contributed by atoms with Crippen molar-refractivity contribution in [2.24, 2.45) is 0 Å². The van der Waals surface area contributed by atoms with Gasteiger partial charge < -0.3 is 15.7 Å². The van der Waals surface area contributed by atoms with Crippen LogP contribution in [0.2, 0.25) is 5.02 Å². The van der Waals surface area contributed by atoms with Crippen molar-refractivity contribution in [2.75, 3.05) is 11.9 Å². The highest BCUT2D eigenvalue weighted by molar-refractivity contribution is 6.31. The van der Waals surface area contributed by atoms with Gasteiger partial charge >= 0.3 is 0 Å². The highest BCUT2D eigenvalue weighted by Gasteiger charge is 2.27. The summed E-state index contributed by atoms with van der Waals surface area (Å²) in [5.41, 5.74) is -0.587. The van der Waals surface area contributed by atoms with Crippen LogP contribution in [0.25, 0.3) is 16.9 Å². The van der Waals surface area contributed by atoms with Crippen LogP contribution in [-0.4, -0.2) is 65.3 Å². The smallest absolute Gasteiger partial charge is 0.257 e. The molecule has 4 heterocycles. The third kappa shape index (κ3) is 5.74. The van der Waals surface area contributed by atoms with Crippen LogP contribution in [0, 0.1) is 0 Å². The number of rotatable bonds is 9. The number of fused-ring (bicyclic) bond motifs is 1. The van der Waals surface area contributed by atoms with Crippen molar-refractivity contribution in [2.45, 2.75) is 38.6 Å². The van der Waals surface area contributed by atoms with Crippen LogP contribution in [0.4, 0.5) is 24.5 Å². The highest BCUT2D eigenvalue weighted by atomic mass is 35.5. The normalized spacial score (nSPS) is 12.8. The largest absolute Gasteiger partial charge is 0.387 e. The Bertz CT molecular complexity index is 1390. The maximum Gasteiger partial charge on any atom is 0.257 e. The van der Waals surface area contributed by atoms with E-state index in [4.69, 9.17) is 11.6 Å². The van der Waals surface area contributed by atoms with Crippen LogP contribution in [-0.2, 0) is 6.54 Å². The van der Waals surface area contributed by atoms with Gasteiger partial charge in [0, 0.05) is 30.0 Å². The van der Waals surface area contributed by atoms with Crippen molar-refractivity contribution in [3.63, 3.8) is 0 Å². The molecule has 4 aromatic rings. The zero-order valence-electron chi connectivity index (χ0n) is 19.2. The van der Waals surface area contributed by atoms with Crippen LogP contribution in [0.15, 0.2) is 43.1 Å². The molecule has 0 bridgehead atoms. The summed E-state index contributed by atoms with van der Waals surface area (Å²) in [6.45, 7) is 1.54. The molecule has 190 valence electrons. The Morgan fingerprint density at radius 3 is 2.64 bits per heavy atom. The Kier molecular flexibility index (Phi) is 7.13. The van der Waals surface area contributed by atoms with E-state index in [1.54, 1.807) is 12.3 Å². The summed E-state index contributed by atoms with van der Waals surface area (Å²) in [4.78, 5) is 21.4. The number of aromatic nitrogens is 6. The van der Waals surface area contributed by atoms with E-state index in [9.17, 15) is 23.1 Å². The summed E-state index contributed by atoms with van der Waals surface area (Å²) >= 11 is 5.99. The minimum absolute atomic E-state index is 0.0378. The Morgan fingerprint density at radius 1 is 1.14 bits per heavy atom. The molecule has 0 aliphatic rings. The summed E-state index contributed by atoms with van der Waals surface area (Å²) in [6.07, 6.45) is 2.63. The van der Waals surface area contributed by atoms with E-state index in [1.165, 1.54) is 49.4 Å². The van der Waals surface area contributed by atoms with Gasteiger partial charge in [-0.1, -0.05) is 11.6 Å². The number of aliphatic hydroxyl groups is 1. The molecule has 1 amide bonds. The number of nitrogens with zero attached hydrogens (tertiary/aromatic N) is 6. The van der Waals surface area contributed by atoms with Gasteiger partial charge in [0.1, 0.15) is 12.7 Å². The second kappa shape index (κ2) is 10.1. The van der Waals surface area contributed by atoms with Crippen molar-refractivity contribution < 1.29 is 23.1 Å². The molecule has 0 fully saturated rings. The molecule has 14 heteroatoms. The average molecular weight is 523 g/mol. The summed E-state index contributed by atoms with van der Waals surface area (Å²) in [7, 11) is 0. The van der Waals surface area contributed by atoms with Gasteiger partial charge in [-0.15, -0.1) is 0 Å². The van der Waals surface area contributed by atoms with E-state index in [-0.39, 0.29) is 11.3 Å². The van der Waals surface area contributed by atoms with Gasteiger partial charge in [-0.3, -0.25) is 9.48 Å². The number of alkyl halides is 3. The molecule has 0 aliphatic heterocycles. The molecular formula is C22H22ClF3N8O2. The number of hydrogen-bond donors (Lipinski definition) is 3. The molecule has 3 N–H and O–H groups in total. The molecule has 10 nitrogen and oxygen atoms in total. The van der Waals surface area contributed by atoms with Crippen LogP contribution in [0.5, 0.6) is 0 Å². The Labute approximate surface area is 208 Å². The minimum Gasteiger partial charge on any atom is -0.387 e. The van der Waals surface area contributed by atoms with Crippen molar-refractivity contribution in [3.05, 3.63) is 53.7 Å². The lowest BCUT2D eigenvalue weighted by molar-refractivity contribution is -0.00177. The first kappa shape index (κ1) is 25.4. The zero-order valence-corrected chi connectivity index (χ0v) is 19.9. The van der Waals surface area contributed by atoms with Crippen LogP contribution >= 0.6 is 11.6 Å². The van der Waals surface area contributed by atoms with E-state index in [1.807, 2.05) is 0 Å². The second-order valence-electron chi connectivity index (χ2n) is 8.51. The SMILES string of the molecule is CC(C)(O)[C@H](F)CNC(=O)c1cnc(-n2ncc3cc(Cl)cnc32)cc1Nc1cnn(CC(F)F)c1. The molecule has 0 radical (unpaired) electrons. The Balaban J connectivity index is 1.68. The lowest BCUT2D eigenvalue weighted by Gasteiger charge is -2.22. The second-order valence-corrected chi connectivity index (χ2v) is 8.95. The predicted molar refractivity (Wildman–Crippen MR) is 127 cm³/mol. The molecule has 0 aliphatic carbocycles. The van der Waals surface area contributed by atoms with Gasteiger partial charge in [-0.25, -0.2) is 23.1 Å². The minimum atomic E-state index is -2.59. The van der Waals surface area contributed by atoms with E-state index in [0.29, 0.717) is 27.6 Å². The third-order valence-electron chi connectivity index (χ3n) is 5.17. The van der Waals surface area contributed by atoms with Crippen LogP contribution in [0.3, 0.4) is 0 Å². The molecule has 1 atom stereocenters. The fourth-order valence-electron chi connectivity index (χ4n) is 3.26. The molecule has 36 heavy (non-hydrogen) atoms. The van der Waals surface area contributed by atoms with Crippen molar-refractivity contribution in [1.82, 2.24) is 34.8 Å². The molecule has 4 aromatic heterocycles. The number of amides is 1. The topological polar surface area (TPSA) is 123 Å². The summed E-state index contributed by atoms with van der Waals surface area (Å²) < 4.78 is 42.1. The number of carbonyl (C=O) groups is 1. The van der Waals surface area contributed by atoms with Crippen LogP contribution in [0.1, 0.15) is 24.2 Å². The van der Waals surface area contributed by atoms with Crippen molar-refractivity contribution in [3.8, 4) is 5.82 Å². The third-order valence-corrected chi connectivity index (χ3v) is 5.38. The van der Waals surface area contributed by atoms with Gasteiger partial charge in [0.15, 0.2) is 11.5 Å². The number of carbonyl (C=O) groups excluding carboxylic acids is 1. The van der Waals surface area contributed by atoms with Crippen LogP contribution < -0.4 is 10.6 Å². The molecular weight excluding hydrogens is 501 g/mol. The lowest BCUT2D eigenvalue weighted by atomic mass is 10.0. The standard InChI is InChI=1S/C22H22ClF3N8O2/c1-22(2,36)17(24)9-29-21(35)15-8-27-19(34-20-12(5-31-34)3-13(23)6-28-20)4-16(15)32-14-7-30-33(10-14)11-18(25)26/h3-8,10,17-18,36H,9,11H2,1-2H3,(H,27,32)(H,29,35)/t17-/m1/s1. The van der Waals surface area contributed by atoms with E-state index < -0.39 is 37.2 Å². The summed E-state index contributed by atoms with van der Waals surface area (Å²) in [6, 6.07) is 3.19. The number of pyridine rings is 2. The maximum atomic E-state index is 14.2. The molecule has 0 aromatic carbocycles. The number of halogens is 4. The number of nitrogens with one attached hydrogen (secondary N) is 2. The molecule has 0 saturated carbocycles. The first-order chi connectivity index (χ1) is 17.0. The van der Waals surface area contributed by atoms with Gasteiger partial charge in [0.25, 0.3) is 12.3 Å². The summed E-state index contributed by atoms with van der Waals surface area (Å²) in [5.74, 6) is -0.377. The molecule has 0 spiro atoms. The van der Waals surface area contributed by atoms with Gasteiger partial charge in [0.2, 0.25) is 0 Å². The first-order valence-electron chi connectivity index (χ1n) is 10.7. The molecule has 0 saturated heterocycles. The number of hydrogen-bond acceptors (Lipinski definition) is 7. The monoisotopic (exact) mass is 522 g/mol. The molecule has 4 rings (SSSR count). The Hall–Kier alpha value is -3.71. The van der Waals surface area contributed by atoms with Gasteiger partial charge in [-0.05, 0) is 19.9 Å². The quantitative estimate of drug-likeness (QED) is 0.307. The number of anilines is 2. The zero-order chi connectivity index (χ0) is 26.0. The fourth-order valence-corrected chi connectivity index (χ4v) is 3.43. The van der Waals surface area contributed by atoms with E-state index in [0.717, 1.165) is 4.68 Å². The van der Waals surface area contributed by atoms with E-state index >= 15 is 0 Å². The predicted octanol–water partition coefficient (Wildman–Crippen LogP) is 3.51. The maximum absolute atomic E-state index is 14.2. The Morgan fingerprint density at radius 2 is 1.92 bits per heavy atom. The average Bonchev–Trinajstić information content (AvgIpc) is 3.42. The highest BCUT2D eigenvalue weighted by Crippen LogP contribution is 2.25.